The van der Waals surface area contributed by atoms with Gasteiger partial charge >= 0.3 is 23.9 Å². The minimum absolute atomic E-state index is 0.000812. The third-order valence-corrected chi connectivity index (χ3v) is 19.3. The molecule has 1 aromatic carbocycles. The number of rotatable bonds is 61. The number of unbranched alkanes of at least 4 members (excludes halogenated alkanes) is 17. The molecule has 27 nitrogen and oxygen atoms in total. The van der Waals surface area contributed by atoms with Crippen molar-refractivity contribution in [2.24, 2.45) is 23.7 Å². The first-order valence-corrected chi connectivity index (χ1v) is 38.2. The molecule has 0 aliphatic heterocycles. The standard InChI is InChI=1S/C48H74N6O16.C29H53NO4/c1-6-8-11-35(51-27-41(61)48(4,5)54-44(64)38(52-29(3)56)24-30-13-17-33(57)18-14-30)39(59)26-50-36(40(60)28-55)12-9-10-23-49-42(62)21-16-32(46(67)68)25-34(58)19-20-37(47(69)70)53-43(63)22-15-31(7-2)45(65)66;1-25(31)27-22-20-26(21-23-27)24-30-28(32)18-16-14-12-10-8-6-4-2-3-5-7-9-11-13-15-17-19-29(33)34/h13-14,17-18,31-32,35-38,50-51,55,57H,6-12,15-16,19-28H2,1-5H3,(H,49,62)(H,52,56)(H,53,63)(H,54,64)(H,65,66)(H,67,68)(H,69,70);26-27H,2-24H2,1H3,(H,30,32)(H,33,34)/t31-,32+,35-,36-,37-,38+;/m0./s1. The molecule has 1 aromatic rings. The highest BCUT2D eigenvalue weighted by atomic mass is 16.4. The lowest BCUT2D eigenvalue weighted by Gasteiger charge is -2.29. The lowest BCUT2D eigenvalue weighted by atomic mass is 9.80. The lowest BCUT2D eigenvalue weighted by Crippen LogP contribution is -2.59. The van der Waals surface area contributed by atoms with Crippen LogP contribution in [-0.4, -0.2) is 175 Å². The number of hydrogen-bond acceptors (Lipinski definition) is 18. The molecule has 104 heavy (non-hydrogen) atoms. The fourth-order valence-electron chi connectivity index (χ4n) is 12.4. The van der Waals surface area contributed by atoms with Crippen molar-refractivity contribution >= 4 is 82.3 Å². The maximum Gasteiger partial charge on any atom is 0.326 e. The molecule has 0 spiro atoms. The number of nitrogens with one attached hydrogen (secondary N) is 7. The van der Waals surface area contributed by atoms with Gasteiger partial charge in [-0.05, 0) is 134 Å². The Balaban J connectivity index is 0.00000132. The van der Waals surface area contributed by atoms with Crippen molar-refractivity contribution in [3.05, 3.63) is 29.8 Å². The van der Waals surface area contributed by atoms with Gasteiger partial charge < -0.3 is 67.9 Å². The van der Waals surface area contributed by atoms with Crippen molar-refractivity contribution in [1.29, 1.82) is 0 Å². The number of amides is 5. The number of carbonyl (C=O) groups excluding carboxylic acids is 10. The number of ketones is 5. The molecular formula is C77H127N7O20. The minimum atomic E-state index is -1.45. The van der Waals surface area contributed by atoms with Crippen LogP contribution in [0.2, 0.25) is 0 Å². The Bertz CT molecular complexity index is 2790. The smallest absolute Gasteiger partial charge is 0.326 e. The monoisotopic (exact) mass is 1470 g/mol. The van der Waals surface area contributed by atoms with E-state index >= 15 is 0 Å². The molecule has 13 N–H and O–H groups in total. The van der Waals surface area contributed by atoms with Crippen molar-refractivity contribution in [2.75, 3.05) is 32.8 Å². The number of phenolic OH excluding ortho intramolecular Hbond substituents is 1. The molecule has 5 amide bonds. The van der Waals surface area contributed by atoms with Crippen molar-refractivity contribution in [1.82, 2.24) is 37.2 Å². The average Bonchev–Trinajstić information content (AvgIpc) is 0.844. The number of benzene rings is 1. The van der Waals surface area contributed by atoms with Gasteiger partial charge in [-0.25, -0.2) is 4.79 Å². The van der Waals surface area contributed by atoms with E-state index in [0.717, 1.165) is 64.3 Å². The second kappa shape index (κ2) is 55.9. The number of aromatic hydroxyl groups is 1. The number of carboxylic acids is 4. The van der Waals surface area contributed by atoms with E-state index in [0.29, 0.717) is 55.8 Å². The second-order valence-electron chi connectivity index (χ2n) is 28.6. The minimum Gasteiger partial charge on any atom is -0.508 e. The Labute approximate surface area is 615 Å². The second-order valence-corrected chi connectivity index (χ2v) is 28.6. The molecule has 0 unspecified atom stereocenters. The van der Waals surface area contributed by atoms with Gasteiger partial charge in [-0.3, -0.25) is 62.3 Å². The molecule has 1 saturated carbocycles. The predicted octanol–water partition coefficient (Wildman–Crippen LogP) is 8.71. The van der Waals surface area contributed by atoms with Crippen molar-refractivity contribution in [3.63, 3.8) is 0 Å². The van der Waals surface area contributed by atoms with Crippen LogP contribution < -0.4 is 37.2 Å². The summed E-state index contributed by atoms with van der Waals surface area (Å²) in [6, 6.07) is 1.90. The molecule has 6 atom stereocenters. The quantitative estimate of drug-likeness (QED) is 0.0271. The number of aliphatic carboxylic acids is 4. The zero-order valence-electron chi connectivity index (χ0n) is 63.0. The van der Waals surface area contributed by atoms with Gasteiger partial charge in [0, 0.05) is 70.9 Å². The van der Waals surface area contributed by atoms with Gasteiger partial charge in [-0.1, -0.05) is 129 Å². The summed E-state index contributed by atoms with van der Waals surface area (Å²) in [5.74, 6) is -9.36. The van der Waals surface area contributed by atoms with Gasteiger partial charge in [0.25, 0.3) is 0 Å². The molecule has 0 bridgehead atoms. The average molecular weight is 1470 g/mol. The predicted molar refractivity (Wildman–Crippen MR) is 393 cm³/mol. The molecule has 0 aromatic heterocycles. The van der Waals surface area contributed by atoms with E-state index in [2.05, 4.69) is 37.2 Å². The summed E-state index contributed by atoms with van der Waals surface area (Å²) in [5.41, 5.74) is -0.761. The van der Waals surface area contributed by atoms with E-state index in [4.69, 9.17) is 10.2 Å². The normalized spacial score (nSPS) is 15.2. The van der Waals surface area contributed by atoms with Crippen LogP contribution in [0.5, 0.6) is 5.75 Å². The lowest BCUT2D eigenvalue weighted by molar-refractivity contribution is -0.145. The topological polar surface area (TPSA) is 445 Å². The van der Waals surface area contributed by atoms with Crippen LogP contribution in [0, 0.1) is 23.7 Å². The number of carboxylic acid groups (broad SMARTS) is 4. The van der Waals surface area contributed by atoms with E-state index in [9.17, 15) is 87.5 Å². The third kappa shape index (κ3) is 45.7. The van der Waals surface area contributed by atoms with Gasteiger partial charge in [-0.2, -0.15) is 0 Å². The summed E-state index contributed by atoms with van der Waals surface area (Å²) in [6.07, 6.45) is 26.0. The third-order valence-electron chi connectivity index (χ3n) is 19.3. The summed E-state index contributed by atoms with van der Waals surface area (Å²) in [5, 5.41) is 75.3. The summed E-state index contributed by atoms with van der Waals surface area (Å²) in [6.45, 7) is 9.08. The summed E-state index contributed by atoms with van der Waals surface area (Å²) in [4.78, 5) is 171. The molecular weight excluding hydrogens is 1340 g/mol. The van der Waals surface area contributed by atoms with E-state index in [1.807, 2.05) is 6.92 Å². The van der Waals surface area contributed by atoms with Gasteiger partial charge in [0.2, 0.25) is 29.5 Å². The first kappa shape index (κ1) is 94.5. The van der Waals surface area contributed by atoms with Gasteiger partial charge in [0.1, 0.15) is 36.0 Å². The number of phenols is 1. The Morgan fingerprint density at radius 2 is 1.01 bits per heavy atom. The highest BCUT2D eigenvalue weighted by Crippen LogP contribution is 2.29. The molecule has 1 aliphatic carbocycles. The Kier molecular flexibility index (Phi) is 50.8. The molecule has 0 heterocycles. The number of aliphatic hydroxyl groups excluding tert-OH is 1. The Hall–Kier alpha value is -7.52. The zero-order valence-corrected chi connectivity index (χ0v) is 63.0. The van der Waals surface area contributed by atoms with Crippen molar-refractivity contribution < 1.29 is 97.8 Å². The maximum absolute atomic E-state index is 13.4. The molecule has 1 aliphatic rings. The molecule has 27 heteroatoms. The van der Waals surface area contributed by atoms with Gasteiger partial charge in [-0.15, -0.1) is 0 Å². The fraction of sp³-hybridized carbons (Fsp3) is 0.740. The van der Waals surface area contributed by atoms with Crippen LogP contribution in [0.4, 0.5) is 0 Å². The molecule has 1 fully saturated rings. The van der Waals surface area contributed by atoms with Gasteiger partial charge in [0.05, 0.1) is 42.5 Å². The largest absolute Gasteiger partial charge is 0.508 e. The van der Waals surface area contributed by atoms with E-state index in [1.165, 1.54) is 110 Å². The number of hydrogen-bond donors (Lipinski definition) is 13. The molecule has 590 valence electrons. The number of aliphatic hydroxyl groups is 1. The van der Waals surface area contributed by atoms with Crippen molar-refractivity contribution in [2.45, 2.75) is 309 Å². The van der Waals surface area contributed by atoms with Crippen LogP contribution in [-0.2, 0) is 73.5 Å². The Morgan fingerprint density at radius 3 is 1.52 bits per heavy atom. The highest BCUT2D eigenvalue weighted by molar-refractivity contribution is 5.96. The summed E-state index contributed by atoms with van der Waals surface area (Å²) in [7, 11) is 0. The fourth-order valence-corrected chi connectivity index (χ4v) is 12.4. The molecule has 0 radical (unpaired) electrons. The first-order valence-electron chi connectivity index (χ1n) is 38.2. The SMILES string of the molecule is CC(=O)C1CCC(CNC(=O)CCCCCCCCCCCCCCCCCCC(=O)O)CC1.CCCC[C@H](NCC(=O)C(C)(C)NC(=O)[C@@H](Cc1ccc(O)cc1)NC(C)=O)C(=O)CN[C@@H](CCCCNC(=O)CC[C@H](CC(=O)CC[C@H](NC(=O)CC[C@H](CC)C(=O)O)C(=O)O)C(=O)O)C(=O)CO. The highest BCUT2D eigenvalue weighted by Gasteiger charge is 2.34. The number of Topliss-reactive ketones (excluding diaryl/α,β-unsaturated/α-hetero) is 5. The van der Waals surface area contributed by atoms with Gasteiger partial charge in [0.15, 0.2) is 17.3 Å². The Morgan fingerprint density at radius 1 is 0.500 bits per heavy atom. The van der Waals surface area contributed by atoms with Crippen LogP contribution in [0.15, 0.2) is 24.3 Å². The number of carbonyl (C=O) groups is 14. The zero-order chi connectivity index (χ0) is 77.8. The first-order chi connectivity index (χ1) is 49.4. The molecule has 0 saturated heterocycles. The molecule has 2 rings (SSSR count). The van der Waals surface area contributed by atoms with E-state index < -0.39 is 119 Å². The van der Waals surface area contributed by atoms with Crippen LogP contribution in [0.1, 0.15) is 278 Å². The van der Waals surface area contributed by atoms with Crippen molar-refractivity contribution in [3.8, 4) is 5.75 Å². The summed E-state index contributed by atoms with van der Waals surface area (Å²) >= 11 is 0. The van der Waals surface area contributed by atoms with E-state index in [1.54, 1.807) is 26.0 Å². The van der Waals surface area contributed by atoms with E-state index in [-0.39, 0.29) is 101 Å². The summed E-state index contributed by atoms with van der Waals surface area (Å²) < 4.78 is 0. The van der Waals surface area contributed by atoms with Crippen LogP contribution >= 0.6 is 0 Å². The maximum atomic E-state index is 13.4. The van der Waals surface area contributed by atoms with Crippen LogP contribution in [0.25, 0.3) is 0 Å². The van der Waals surface area contributed by atoms with Crippen LogP contribution in [0.3, 0.4) is 0 Å².